The summed E-state index contributed by atoms with van der Waals surface area (Å²) in [6, 6.07) is 4.55. The fourth-order valence-electron chi connectivity index (χ4n) is 2.52. The minimum Gasteiger partial charge on any atom is -0.397 e. The number of nitrogens with zero attached hydrogens (tertiary/aromatic N) is 1. The van der Waals surface area contributed by atoms with Gasteiger partial charge in [0.05, 0.1) is 11.4 Å². The number of nitrogens with two attached hydrogens (primary N) is 1. The number of aliphatic hydroxyl groups excluding tert-OH is 1. The molecule has 1 unspecified atom stereocenters. The Hall–Kier alpha value is -1.29. The molecule has 0 saturated carbocycles. The molecule has 1 aliphatic heterocycles. The Bertz CT molecular complexity index is 382. The van der Waals surface area contributed by atoms with Gasteiger partial charge in [0, 0.05) is 19.7 Å². The molecular weight excluding hydrogens is 219 g/mol. The first-order valence-electron chi connectivity index (χ1n) is 6.11. The number of benzene rings is 1. The lowest BCUT2D eigenvalue weighted by Gasteiger charge is -2.34. The molecule has 1 aliphatic rings. The van der Waals surface area contributed by atoms with E-state index < -0.39 is 0 Å². The molecule has 1 aromatic carbocycles. The molecule has 4 heteroatoms. The van der Waals surface area contributed by atoms with Gasteiger partial charge in [0.25, 0.3) is 0 Å². The molecule has 1 aromatic rings. The Morgan fingerprint density at radius 2 is 2.29 bits per heavy atom. The molecule has 0 radical (unpaired) electrons. The third-order valence-corrected chi connectivity index (χ3v) is 3.39. The van der Waals surface area contributed by atoms with Gasteiger partial charge in [0.2, 0.25) is 0 Å². The molecule has 2 rings (SSSR count). The molecule has 0 spiro atoms. The fourth-order valence-corrected chi connectivity index (χ4v) is 2.52. The minimum absolute atomic E-state index is 0.234. The van der Waals surface area contributed by atoms with Crippen LogP contribution in [0.2, 0.25) is 0 Å². The summed E-state index contributed by atoms with van der Waals surface area (Å²) in [6.45, 7) is 2.09. The molecule has 0 aromatic heterocycles. The number of aliphatic hydroxyl groups is 1. The van der Waals surface area contributed by atoms with Crippen molar-refractivity contribution in [2.24, 2.45) is 5.92 Å². The fraction of sp³-hybridized carbons (Fsp3) is 0.538. The first-order chi connectivity index (χ1) is 8.20. The van der Waals surface area contributed by atoms with Crippen molar-refractivity contribution in [1.29, 1.82) is 0 Å². The van der Waals surface area contributed by atoms with E-state index in [4.69, 9.17) is 10.8 Å². The molecule has 0 amide bonds. The predicted octanol–water partition coefficient (Wildman–Crippen LogP) is 2.01. The molecule has 94 valence electrons. The highest BCUT2D eigenvalue weighted by Gasteiger charge is 2.21. The summed E-state index contributed by atoms with van der Waals surface area (Å²) >= 11 is 0. The molecule has 1 fully saturated rings. The second-order valence-electron chi connectivity index (χ2n) is 4.67. The average molecular weight is 238 g/mol. The Morgan fingerprint density at radius 1 is 1.47 bits per heavy atom. The maximum Gasteiger partial charge on any atom is 0.125 e. The lowest BCUT2D eigenvalue weighted by molar-refractivity contribution is 0.244. The van der Waals surface area contributed by atoms with E-state index in [0.717, 1.165) is 38.0 Å². The lowest BCUT2D eigenvalue weighted by Crippen LogP contribution is -2.36. The van der Waals surface area contributed by atoms with Crippen LogP contribution in [0.25, 0.3) is 0 Å². The van der Waals surface area contributed by atoms with Gasteiger partial charge >= 0.3 is 0 Å². The highest BCUT2D eigenvalue weighted by Crippen LogP contribution is 2.29. The summed E-state index contributed by atoms with van der Waals surface area (Å²) in [7, 11) is 0. The van der Waals surface area contributed by atoms with Gasteiger partial charge in [-0.1, -0.05) is 0 Å². The van der Waals surface area contributed by atoms with E-state index in [1.165, 1.54) is 12.1 Å². The van der Waals surface area contributed by atoms with Crippen LogP contribution >= 0.6 is 0 Å². The molecule has 1 heterocycles. The van der Waals surface area contributed by atoms with Crippen LogP contribution in [0.1, 0.15) is 19.3 Å². The van der Waals surface area contributed by atoms with Crippen molar-refractivity contribution in [2.75, 3.05) is 30.3 Å². The maximum atomic E-state index is 13.0. The Morgan fingerprint density at radius 3 is 3.00 bits per heavy atom. The van der Waals surface area contributed by atoms with Crippen molar-refractivity contribution >= 4 is 11.4 Å². The van der Waals surface area contributed by atoms with Crippen LogP contribution < -0.4 is 10.6 Å². The first kappa shape index (κ1) is 12.2. The molecule has 1 saturated heterocycles. The van der Waals surface area contributed by atoms with E-state index in [9.17, 15) is 4.39 Å². The smallest absolute Gasteiger partial charge is 0.125 e. The van der Waals surface area contributed by atoms with Crippen molar-refractivity contribution in [3.63, 3.8) is 0 Å². The van der Waals surface area contributed by atoms with Gasteiger partial charge in [-0.3, -0.25) is 0 Å². The van der Waals surface area contributed by atoms with E-state index in [1.54, 1.807) is 6.07 Å². The number of piperidine rings is 1. The number of nitrogen functional groups attached to an aromatic ring is 1. The summed E-state index contributed by atoms with van der Waals surface area (Å²) in [5, 5.41) is 8.97. The zero-order valence-corrected chi connectivity index (χ0v) is 9.90. The normalized spacial score (nSPS) is 20.6. The van der Waals surface area contributed by atoms with E-state index >= 15 is 0 Å². The predicted molar refractivity (Wildman–Crippen MR) is 67.5 cm³/mol. The van der Waals surface area contributed by atoms with E-state index in [-0.39, 0.29) is 12.4 Å². The van der Waals surface area contributed by atoms with E-state index in [0.29, 0.717) is 11.6 Å². The zero-order chi connectivity index (χ0) is 12.3. The zero-order valence-electron chi connectivity index (χ0n) is 9.90. The van der Waals surface area contributed by atoms with Crippen molar-refractivity contribution < 1.29 is 9.50 Å². The summed E-state index contributed by atoms with van der Waals surface area (Å²) < 4.78 is 13.0. The molecular formula is C13H19FN2O. The number of rotatable bonds is 3. The molecule has 0 aliphatic carbocycles. The van der Waals surface area contributed by atoms with Gasteiger partial charge in [0.1, 0.15) is 5.82 Å². The molecule has 1 atom stereocenters. The summed E-state index contributed by atoms with van der Waals surface area (Å²) in [6.07, 6.45) is 3.08. The van der Waals surface area contributed by atoms with Crippen molar-refractivity contribution in [2.45, 2.75) is 19.3 Å². The second-order valence-corrected chi connectivity index (χ2v) is 4.67. The van der Waals surface area contributed by atoms with Gasteiger partial charge in [-0.15, -0.1) is 0 Å². The third kappa shape index (κ3) is 2.88. The number of hydrogen-bond donors (Lipinski definition) is 2. The molecule has 0 bridgehead atoms. The molecule has 3 nitrogen and oxygen atoms in total. The molecule has 17 heavy (non-hydrogen) atoms. The van der Waals surface area contributed by atoms with Gasteiger partial charge in [-0.05, 0) is 43.4 Å². The lowest BCUT2D eigenvalue weighted by atomic mass is 9.94. The van der Waals surface area contributed by atoms with Crippen LogP contribution in [0.4, 0.5) is 15.8 Å². The minimum atomic E-state index is -0.296. The quantitative estimate of drug-likeness (QED) is 0.792. The first-order valence-corrected chi connectivity index (χ1v) is 6.11. The molecule has 3 N–H and O–H groups in total. The van der Waals surface area contributed by atoms with Crippen LogP contribution in [0.15, 0.2) is 18.2 Å². The monoisotopic (exact) mass is 238 g/mol. The van der Waals surface area contributed by atoms with Crippen LogP contribution in [0, 0.1) is 11.7 Å². The average Bonchev–Trinajstić information content (AvgIpc) is 2.29. The maximum absolute atomic E-state index is 13.0. The number of hydrogen-bond acceptors (Lipinski definition) is 3. The van der Waals surface area contributed by atoms with Gasteiger partial charge in [-0.2, -0.15) is 0 Å². The summed E-state index contributed by atoms with van der Waals surface area (Å²) in [5.74, 6) is 0.216. The Labute approximate surface area is 101 Å². The van der Waals surface area contributed by atoms with Crippen molar-refractivity contribution in [1.82, 2.24) is 0 Å². The number of halogens is 1. The third-order valence-electron chi connectivity index (χ3n) is 3.39. The van der Waals surface area contributed by atoms with Crippen LogP contribution in [0.3, 0.4) is 0 Å². The Balaban J connectivity index is 2.10. The summed E-state index contributed by atoms with van der Waals surface area (Å²) in [4.78, 5) is 2.19. The van der Waals surface area contributed by atoms with Gasteiger partial charge in [-0.25, -0.2) is 4.39 Å². The highest BCUT2D eigenvalue weighted by atomic mass is 19.1. The SMILES string of the molecule is Nc1cc(F)ccc1N1CCCC(CCO)C1. The van der Waals surface area contributed by atoms with Crippen LogP contribution in [-0.2, 0) is 0 Å². The topological polar surface area (TPSA) is 49.5 Å². The van der Waals surface area contributed by atoms with Gasteiger partial charge < -0.3 is 15.7 Å². The largest absolute Gasteiger partial charge is 0.397 e. The van der Waals surface area contributed by atoms with E-state index in [1.807, 2.05) is 0 Å². The van der Waals surface area contributed by atoms with Crippen LogP contribution in [0.5, 0.6) is 0 Å². The van der Waals surface area contributed by atoms with E-state index in [2.05, 4.69) is 4.90 Å². The van der Waals surface area contributed by atoms with Crippen molar-refractivity contribution in [3.8, 4) is 0 Å². The Kier molecular flexibility index (Phi) is 3.84. The van der Waals surface area contributed by atoms with Crippen LogP contribution in [-0.4, -0.2) is 24.8 Å². The van der Waals surface area contributed by atoms with Crippen molar-refractivity contribution in [3.05, 3.63) is 24.0 Å². The second kappa shape index (κ2) is 5.36. The summed E-state index contributed by atoms with van der Waals surface area (Å²) in [5.41, 5.74) is 7.25. The van der Waals surface area contributed by atoms with Gasteiger partial charge in [0.15, 0.2) is 0 Å². The number of anilines is 2. The highest BCUT2D eigenvalue weighted by molar-refractivity contribution is 5.67. The standard InChI is InChI=1S/C13H19FN2O/c14-11-3-4-13(12(15)8-11)16-6-1-2-10(9-16)5-7-17/h3-4,8,10,17H,1-2,5-7,9,15H2.